The maximum absolute atomic E-state index is 6.19. The monoisotopic (exact) mass is 399 g/mol. The lowest BCUT2D eigenvalue weighted by Crippen LogP contribution is -2.59. The summed E-state index contributed by atoms with van der Waals surface area (Å²) >= 11 is 0. The predicted octanol–water partition coefficient (Wildman–Crippen LogP) is 7.28. The minimum Gasteiger partial charge on any atom is -0.382 e. The van der Waals surface area contributed by atoms with Crippen LogP contribution < -0.4 is 5.32 Å². The van der Waals surface area contributed by atoms with Crippen LogP contribution in [0, 0.1) is 0 Å². The zero-order chi connectivity index (χ0) is 21.3. The minimum atomic E-state index is 0.199. The molecule has 1 saturated heterocycles. The number of unbranched alkanes of at least 4 members (excludes halogenated alkanes) is 9. The molecule has 1 aliphatic rings. The average molecular weight is 400 g/mol. The number of ether oxygens (including phenoxy) is 2. The van der Waals surface area contributed by atoms with Crippen molar-refractivity contribution in [2.45, 2.75) is 143 Å². The molecule has 0 aromatic heterocycles. The summed E-state index contributed by atoms with van der Waals surface area (Å²) in [7, 11) is 0. The third-order valence-corrected chi connectivity index (χ3v) is 5.41. The molecule has 0 saturated carbocycles. The molecule has 0 bridgehead atoms. The van der Waals surface area contributed by atoms with Crippen molar-refractivity contribution in [2.24, 2.45) is 0 Å². The van der Waals surface area contributed by atoms with E-state index in [9.17, 15) is 0 Å². The molecule has 1 heterocycles. The van der Waals surface area contributed by atoms with Gasteiger partial charge < -0.3 is 14.8 Å². The highest BCUT2D eigenvalue weighted by molar-refractivity contribution is 4.97. The highest BCUT2D eigenvalue weighted by Crippen LogP contribution is 2.30. The van der Waals surface area contributed by atoms with Crippen molar-refractivity contribution < 1.29 is 9.47 Å². The molecular weight excluding hydrogens is 346 g/mol. The van der Waals surface area contributed by atoms with Gasteiger partial charge in [0, 0.05) is 30.9 Å². The lowest BCUT2D eigenvalue weighted by Gasteiger charge is -2.46. The number of hydrogen-bond acceptors (Lipinski definition) is 3. The number of hydrogen-bond donors (Lipinski definition) is 1. The first-order chi connectivity index (χ1) is 13.3. The van der Waals surface area contributed by atoms with Crippen molar-refractivity contribution >= 4 is 0 Å². The number of nitrogens with one attached hydrogen (secondary N) is 1. The van der Waals surface area contributed by atoms with Gasteiger partial charge in [0.2, 0.25) is 0 Å². The van der Waals surface area contributed by atoms with Crippen LogP contribution in [-0.4, -0.2) is 37.0 Å². The zero-order valence-electron chi connectivity index (χ0n) is 20.5. The van der Waals surface area contributed by atoms with Gasteiger partial charge in [0.15, 0.2) is 0 Å². The Balaban J connectivity index is 0.00000129. The minimum absolute atomic E-state index is 0.199. The third kappa shape index (κ3) is 16.8. The molecule has 170 valence electrons. The van der Waals surface area contributed by atoms with Crippen LogP contribution in [0.3, 0.4) is 0 Å². The average Bonchev–Trinajstić information content (AvgIpc) is 2.58. The quantitative estimate of drug-likeness (QED) is 0.311. The van der Waals surface area contributed by atoms with Crippen molar-refractivity contribution in [1.29, 1.82) is 0 Å². The van der Waals surface area contributed by atoms with E-state index in [1.54, 1.807) is 0 Å². The molecule has 1 aliphatic heterocycles. The largest absolute Gasteiger partial charge is 0.382 e. The van der Waals surface area contributed by atoms with Crippen LogP contribution in [0.4, 0.5) is 0 Å². The van der Waals surface area contributed by atoms with E-state index in [1.165, 1.54) is 64.2 Å². The van der Waals surface area contributed by atoms with Crippen LogP contribution >= 0.6 is 0 Å². The molecule has 1 N–H and O–H groups in total. The van der Waals surface area contributed by atoms with E-state index in [4.69, 9.17) is 9.47 Å². The molecule has 0 aromatic rings. The molecule has 0 radical (unpaired) electrons. The fourth-order valence-electron chi connectivity index (χ4n) is 4.39. The molecule has 0 unspecified atom stereocenters. The van der Waals surface area contributed by atoms with Crippen LogP contribution in [0.1, 0.15) is 126 Å². The summed E-state index contributed by atoms with van der Waals surface area (Å²) in [5, 5.41) is 3.72. The topological polar surface area (TPSA) is 30.5 Å². The van der Waals surface area contributed by atoms with E-state index in [-0.39, 0.29) is 11.1 Å². The Kier molecular flexibility index (Phi) is 16.6. The third-order valence-electron chi connectivity index (χ3n) is 5.41. The Morgan fingerprint density at radius 2 is 1.11 bits per heavy atom. The summed E-state index contributed by atoms with van der Waals surface area (Å²) in [6, 6.07) is 0. The van der Waals surface area contributed by atoms with Crippen molar-refractivity contribution in [3.63, 3.8) is 0 Å². The van der Waals surface area contributed by atoms with Gasteiger partial charge in [0.25, 0.3) is 0 Å². The lowest BCUT2D eigenvalue weighted by atomic mass is 9.81. The molecule has 0 atom stereocenters. The zero-order valence-corrected chi connectivity index (χ0v) is 20.5. The second kappa shape index (κ2) is 16.7. The second-order valence-electron chi connectivity index (χ2n) is 9.76. The van der Waals surface area contributed by atoms with E-state index in [0.717, 1.165) is 32.7 Å². The van der Waals surface area contributed by atoms with Crippen LogP contribution in [0.15, 0.2) is 0 Å². The fraction of sp³-hybridized carbons (Fsp3) is 1.00. The Morgan fingerprint density at radius 3 is 1.50 bits per heavy atom. The fourth-order valence-corrected chi connectivity index (χ4v) is 4.39. The van der Waals surface area contributed by atoms with Gasteiger partial charge in [-0.05, 0) is 60.8 Å². The smallest absolute Gasteiger partial charge is 0.0609 e. The number of rotatable bonds is 14. The van der Waals surface area contributed by atoms with Gasteiger partial charge in [-0.25, -0.2) is 0 Å². The van der Waals surface area contributed by atoms with E-state index >= 15 is 0 Å². The molecule has 0 spiro atoms. The standard InChI is InChI=1S/C21H43NO.C4H10O/c1-6-7-8-9-10-11-12-13-14-15-16-23-19-17-20(2,3)22-21(4,5)18-19;1-3-5-4-2/h19,22H,6-18H2,1-5H3;3-4H2,1-2H3. The van der Waals surface area contributed by atoms with Gasteiger partial charge in [0.05, 0.1) is 6.10 Å². The van der Waals surface area contributed by atoms with Crippen LogP contribution in [-0.2, 0) is 9.47 Å². The van der Waals surface area contributed by atoms with Crippen LogP contribution in [0.25, 0.3) is 0 Å². The molecule has 0 amide bonds. The highest BCUT2D eigenvalue weighted by atomic mass is 16.5. The first-order valence-corrected chi connectivity index (χ1v) is 12.2. The summed E-state index contributed by atoms with van der Waals surface area (Å²) in [4.78, 5) is 0. The molecule has 0 aliphatic carbocycles. The normalized spacial score (nSPS) is 18.5. The van der Waals surface area contributed by atoms with Crippen molar-refractivity contribution in [1.82, 2.24) is 5.32 Å². The van der Waals surface area contributed by atoms with Crippen LogP contribution in [0.2, 0.25) is 0 Å². The summed E-state index contributed by atoms with van der Waals surface area (Å²) < 4.78 is 11.0. The highest BCUT2D eigenvalue weighted by Gasteiger charge is 2.37. The van der Waals surface area contributed by atoms with Gasteiger partial charge in [-0.1, -0.05) is 64.7 Å². The van der Waals surface area contributed by atoms with E-state index in [0.29, 0.717) is 6.10 Å². The van der Waals surface area contributed by atoms with Crippen molar-refractivity contribution in [2.75, 3.05) is 19.8 Å². The van der Waals surface area contributed by atoms with E-state index < -0.39 is 0 Å². The Labute approximate surface area is 177 Å². The van der Waals surface area contributed by atoms with Gasteiger partial charge in [-0.2, -0.15) is 0 Å². The van der Waals surface area contributed by atoms with Gasteiger partial charge in [0.1, 0.15) is 0 Å². The molecule has 3 heteroatoms. The molecule has 0 aromatic carbocycles. The Bertz CT molecular complexity index is 323. The summed E-state index contributed by atoms with van der Waals surface area (Å²) in [5.74, 6) is 0. The predicted molar refractivity (Wildman–Crippen MR) is 124 cm³/mol. The molecule has 1 fully saturated rings. The lowest BCUT2D eigenvalue weighted by molar-refractivity contribution is -0.0228. The van der Waals surface area contributed by atoms with E-state index in [1.807, 2.05) is 13.8 Å². The summed E-state index contributed by atoms with van der Waals surface area (Å²) in [6.45, 7) is 18.1. The SMILES string of the molecule is CCCCCCCCCCCCOC1CC(C)(C)NC(C)(C)C1.CCOCC. The second-order valence-corrected chi connectivity index (χ2v) is 9.76. The molecule has 1 rings (SSSR count). The first kappa shape index (κ1) is 27.9. The van der Waals surface area contributed by atoms with E-state index in [2.05, 4.69) is 39.9 Å². The first-order valence-electron chi connectivity index (χ1n) is 12.2. The van der Waals surface area contributed by atoms with Gasteiger partial charge >= 0.3 is 0 Å². The van der Waals surface area contributed by atoms with Crippen molar-refractivity contribution in [3.05, 3.63) is 0 Å². The Morgan fingerprint density at radius 1 is 0.679 bits per heavy atom. The maximum atomic E-state index is 6.19. The van der Waals surface area contributed by atoms with Gasteiger partial charge in [-0.3, -0.25) is 0 Å². The van der Waals surface area contributed by atoms with Crippen molar-refractivity contribution in [3.8, 4) is 0 Å². The maximum Gasteiger partial charge on any atom is 0.0609 e. The molecular formula is C25H53NO2. The Hall–Kier alpha value is -0.120. The number of piperidine rings is 1. The molecule has 28 heavy (non-hydrogen) atoms. The molecule has 3 nitrogen and oxygen atoms in total. The van der Waals surface area contributed by atoms with Gasteiger partial charge in [-0.15, -0.1) is 0 Å². The summed E-state index contributed by atoms with van der Waals surface area (Å²) in [5.41, 5.74) is 0.397. The van der Waals surface area contributed by atoms with Crippen LogP contribution in [0.5, 0.6) is 0 Å². The summed E-state index contributed by atoms with van der Waals surface area (Å²) in [6.07, 6.45) is 16.6.